The summed E-state index contributed by atoms with van der Waals surface area (Å²) in [5, 5.41) is 0. The second-order valence-electron chi connectivity index (χ2n) is 6.27. The number of hydrogen-bond donors (Lipinski definition) is 1. The van der Waals surface area contributed by atoms with Gasteiger partial charge in [0, 0.05) is 5.54 Å². The minimum Gasteiger partial charge on any atom is -0.326 e. The van der Waals surface area contributed by atoms with E-state index in [1.807, 2.05) is 0 Å². The fraction of sp³-hybridized carbons (Fsp3) is 1.00. The van der Waals surface area contributed by atoms with E-state index in [9.17, 15) is 0 Å². The van der Waals surface area contributed by atoms with Crippen LogP contribution in [0.15, 0.2) is 0 Å². The molecule has 0 amide bonds. The van der Waals surface area contributed by atoms with Crippen LogP contribution in [0.3, 0.4) is 0 Å². The average Bonchev–Trinajstić information content (AvgIpc) is 2.24. The molecule has 2 heteroatoms. The van der Waals surface area contributed by atoms with Crippen molar-refractivity contribution in [3.8, 4) is 0 Å². The highest BCUT2D eigenvalue weighted by Crippen LogP contribution is 2.14. The molecule has 0 rings (SSSR count). The molecule has 0 aromatic rings. The van der Waals surface area contributed by atoms with Crippen LogP contribution in [0.25, 0.3) is 0 Å². The maximum atomic E-state index is 5.96. The highest BCUT2D eigenvalue weighted by Gasteiger charge is 2.08. The Balaban J connectivity index is 0. The standard InChI is InChI=1S/C16H35N.FH/c1-4-5-6-7-8-9-10-11-12-13-14-15-16(2,3)17;/h4-15,17H2,1-3H3;1H. The van der Waals surface area contributed by atoms with Crippen LogP contribution in [0.1, 0.15) is 97.8 Å². The maximum absolute atomic E-state index is 5.96. The van der Waals surface area contributed by atoms with E-state index >= 15 is 0 Å². The van der Waals surface area contributed by atoms with Gasteiger partial charge < -0.3 is 5.73 Å². The van der Waals surface area contributed by atoms with Crippen LogP contribution >= 0.6 is 0 Å². The van der Waals surface area contributed by atoms with Crippen molar-refractivity contribution in [1.82, 2.24) is 0 Å². The summed E-state index contributed by atoms with van der Waals surface area (Å²) < 4.78 is 0. The van der Waals surface area contributed by atoms with Crippen LogP contribution in [-0.2, 0) is 0 Å². The number of halogens is 1. The van der Waals surface area contributed by atoms with Gasteiger partial charge in [-0.3, -0.25) is 4.70 Å². The summed E-state index contributed by atoms with van der Waals surface area (Å²) in [6.45, 7) is 6.54. The molecule has 0 aliphatic rings. The van der Waals surface area contributed by atoms with Gasteiger partial charge in [-0.15, -0.1) is 0 Å². The van der Waals surface area contributed by atoms with E-state index in [-0.39, 0.29) is 10.2 Å². The van der Waals surface area contributed by atoms with E-state index in [1.165, 1.54) is 77.0 Å². The molecule has 0 bridgehead atoms. The topological polar surface area (TPSA) is 26.0 Å². The molecule has 2 N–H and O–H groups in total. The Morgan fingerprint density at radius 1 is 0.667 bits per heavy atom. The summed E-state index contributed by atoms with van der Waals surface area (Å²) in [7, 11) is 0. The third kappa shape index (κ3) is 18.3. The first kappa shape index (κ1) is 20.2. The first-order valence-corrected chi connectivity index (χ1v) is 7.85. The summed E-state index contributed by atoms with van der Waals surface area (Å²) in [4.78, 5) is 0. The SMILES string of the molecule is CCCCCCCCCCCCCC(C)(C)N.F. The van der Waals surface area contributed by atoms with Crippen LogP contribution in [-0.4, -0.2) is 5.54 Å². The molecule has 0 aliphatic heterocycles. The van der Waals surface area contributed by atoms with E-state index in [1.54, 1.807) is 0 Å². The molecule has 0 aliphatic carbocycles. The average molecular weight is 261 g/mol. The molecule has 0 spiro atoms. The third-order valence-electron chi connectivity index (χ3n) is 3.42. The van der Waals surface area contributed by atoms with E-state index in [2.05, 4.69) is 20.8 Å². The summed E-state index contributed by atoms with van der Waals surface area (Å²) in [5.74, 6) is 0. The summed E-state index contributed by atoms with van der Waals surface area (Å²) in [6, 6.07) is 0. The molecule has 1 nitrogen and oxygen atoms in total. The Morgan fingerprint density at radius 3 is 1.33 bits per heavy atom. The highest BCUT2D eigenvalue weighted by molar-refractivity contribution is 4.70. The molecular weight excluding hydrogens is 225 g/mol. The molecule has 0 fully saturated rings. The lowest BCUT2D eigenvalue weighted by Gasteiger charge is -2.17. The molecule has 112 valence electrons. The van der Waals surface area contributed by atoms with Crippen molar-refractivity contribution in [3.63, 3.8) is 0 Å². The lowest BCUT2D eigenvalue weighted by atomic mass is 9.97. The summed E-state index contributed by atoms with van der Waals surface area (Å²) >= 11 is 0. The van der Waals surface area contributed by atoms with Gasteiger partial charge in [-0.1, -0.05) is 77.6 Å². The fourth-order valence-electron chi connectivity index (χ4n) is 2.24. The quantitative estimate of drug-likeness (QED) is 0.456. The lowest BCUT2D eigenvalue weighted by molar-refractivity contribution is 0.440. The number of rotatable bonds is 12. The molecule has 18 heavy (non-hydrogen) atoms. The summed E-state index contributed by atoms with van der Waals surface area (Å²) in [6.07, 6.45) is 16.7. The van der Waals surface area contributed by atoms with Gasteiger partial charge in [0.15, 0.2) is 0 Å². The summed E-state index contributed by atoms with van der Waals surface area (Å²) in [5.41, 5.74) is 6.00. The molecule has 0 saturated carbocycles. The van der Waals surface area contributed by atoms with Crippen LogP contribution in [0.4, 0.5) is 4.70 Å². The molecule has 0 atom stereocenters. The predicted octanol–water partition coefficient (Wildman–Crippen LogP) is 5.58. The lowest BCUT2D eigenvalue weighted by Crippen LogP contribution is -2.31. The first-order valence-electron chi connectivity index (χ1n) is 7.85. The molecule has 0 saturated heterocycles. The van der Waals surface area contributed by atoms with Crippen LogP contribution in [0, 0.1) is 0 Å². The van der Waals surface area contributed by atoms with Crippen LogP contribution < -0.4 is 5.73 Å². The predicted molar refractivity (Wildman–Crippen MR) is 81.8 cm³/mol. The normalized spacial score (nSPS) is 11.3. The van der Waals surface area contributed by atoms with Gasteiger partial charge in [0.2, 0.25) is 0 Å². The van der Waals surface area contributed by atoms with Crippen molar-refractivity contribution in [3.05, 3.63) is 0 Å². The Bertz CT molecular complexity index is 152. The van der Waals surface area contributed by atoms with Gasteiger partial charge >= 0.3 is 0 Å². The first-order chi connectivity index (χ1) is 8.06. The molecule has 0 aromatic carbocycles. The van der Waals surface area contributed by atoms with Crippen molar-refractivity contribution in [2.45, 2.75) is 103 Å². The van der Waals surface area contributed by atoms with Crippen molar-refractivity contribution in [1.29, 1.82) is 0 Å². The van der Waals surface area contributed by atoms with Crippen molar-refractivity contribution in [2.75, 3.05) is 0 Å². The Labute approximate surface area is 114 Å². The van der Waals surface area contributed by atoms with E-state index in [4.69, 9.17) is 5.73 Å². The van der Waals surface area contributed by atoms with Crippen molar-refractivity contribution in [2.24, 2.45) is 5.73 Å². The van der Waals surface area contributed by atoms with Crippen molar-refractivity contribution >= 4 is 0 Å². The molecule has 0 aromatic heterocycles. The molecule has 0 radical (unpaired) electrons. The largest absolute Gasteiger partial charge is 0.326 e. The van der Waals surface area contributed by atoms with Crippen LogP contribution in [0.2, 0.25) is 0 Å². The Kier molecular flexibility index (Phi) is 15.0. The second-order valence-corrected chi connectivity index (χ2v) is 6.27. The zero-order valence-electron chi connectivity index (χ0n) is 13.0. The van der Waals surface area contributed by atoms with Gasteiger partial charge in [0.25, 0.3) is 0 Å². The maximum Gasteiger partial charge on any atom is 0.00970 e. The third-order valence-corrected chi connectivity index (χ3v) is 3.42. The Morgan fingerprint density at radius 2 is 1.00 bits per heavy atom. The van der Waals surface area contributed by atoms with Crippen molar-refractivity contribution < 1.29 is 4.70 Å². The van der Waals surface area contributed by atoms with E-state index in [0.717, 1.165) is 0 Å². The molecule has 0 heterocycles. The van der Waals surface area contributed by atoms with Gasteiger partial charge in [0.1, 0.15) is 0 Å². The molecular formula is C16H36FN. The minimum absolute atomic E-state index is 0. The van der Waals surface area contributed by atoms with Crippen LogP contribution in [0.5, 0.6) is 0 Å². The van der Waals surface area contributed by atoms with Gasteiger partial charge in [-0.2, -0.15) is 0 Å². The van der Waals surface area contributed by atoms with E-state index in [0.29, 0.717) is 0 Å². The van der Waals surface area contributed by atoms with Gasteiger partial charge in [-0.05, 0) is 20.3 Å². The highest BCUT2D eigenvalue weighted by atomic mass is 19.0. The minimum atomic E-state index is 0. The van der Waals surface area contributed by atoms with E-state index < -0.39 is 0 Å². The Hall–Kier alpha value is -0.110. The fourth-order valence-corrected chi connectivity index (χ4v) is 2.24. The molecule has 0 unspecified atom stereocenters. The zero-order valence-corrected chi connectivity index (χ0v) is 13.0. The number of nitrogens with two attached hydrogens (primary N) is 1. The smallest absolute Gasteiger partial charge is 0.00970 e. The number of hydrogen-bond acceptors (Lipinski definition) is 1. The second kappa shape index (κ2) is 13.3. The van der Waals surface area contributed by atoms with Gasteiger partial charge in [-0.25, -0.2) is 0 Å². The van der Waals surface area contributed by atoms with Gasteiger partial charge in [0.05, 0.1) is 0 Å². The zero-order chi connectivity index (χ0) is 13.0. The number of unbranched alkanes of at least 4 members (excludes halogenated alkanes) is 10. The monoisotopic (exact) mass is 261 g/mol.